The first-order valence-electron chi connectivity index (χ1n) is 8.14. The van der Waals surface area contributed by atoms with Crippen molar-refractivity contribution in [2.45, 2.75) is 29.7 Å². The first-order valence-corrected chi connectivity index (χ1v) is 11.0. The Balaban J connectivity index is 2.05. The molecule has 9 nitrogen and oxygen atoms in total. The highest BCUT2D eigenvalue weighted by Gasteiger charge is 2.23. The Morgan fingerprint density at radius 3 is 2.54 bits per heavy atom. The summed E-state index contributed by atoms with van der Waals surface area (Å²) in [5.41, 5.74) is 2.74. The molecule has 0 bridgehead atoms. The van der Waals surface area contributed by atoms with Crippen LogP contribution in [0.3, 0.4) is 0 Å². The molecule has 0 spiro atoms. The molecule has 11 heteroatoms. The number of methoxy groups -OCH3 is 2. The lowest BCUT2D eigenvalue weighted by molar-refractivity contribution is 0.404. The van der Waals surface area contributed by atoms with Crippen LogP contribution in [-0.4, -0.2) is 41.8 Å². The highest BCUT2D eigenvalue weighted by molar-refractivity contribution is 7.89. The molecule has 0 aliphatic rings. The minimum absolute atomic E-state index is 0.0691. The summed E-state index contributed by atoms with van der Waals surface area (Å²) in [5, 5.41) is 5.43. The lowest BCUT2D eigenvalue weighted by atomic mass is 10.1. The van der Waals surface area contributed by atoms with E-state index >= 15 is 0 Å². The van der Waals surface area contributed by atoms with E-state index in [0.29, 0.717) is 17.0 Å². The molecule has 0 fully saturated rings. The minimum Gasteiger partial charge on any atom is -0.496 e. The summed E-state index contributed by atoms with van der Waals surface area (Å²) < 4.78 is 47.3. The fraction of sp³-hybridized carbons (Fsp3) is 0.294. The van der Waals surface area contributed by atoms with Crippen LogP contribution in [0, 0.1) is 13.8 Å². The van der Waals surface area contributed by atoms with E-state index in [0.717, 1.165) is 11.1 Å². The van der Waals surface area contributed by atoms with Gasteiger partial charge in [0.25, 0.3) is 0 Å². The predicted octanol–water partition coefficient (Wildman–Crippen LogP) is 1.55. The van der Waals surface area contributed by atoms with Crippen molar-refractivity contribution in [2.24, 2.45) is 5.14 Å². The first-order chi connectivity index (χ1) is 13.2. The second kappa shape index (κ2) is 7.49. The van der Waals surface area contributed by atoms with Crippen LogP contribution >= 0.6 is 0 Å². The number of rotatable bonds is 6. The van der Waals surface area contributed by atoms with E-state index in [1.807, 2.05) is 13.8 Å². The number of aromatic nitrogens is 3. The van der Waals surface area contributed by atoms with Crippen LogP contribution in [0.4, 0.5) is 0 Å². The predicted molar refractivity (Wildman–Crippen MR) is 104 cm³/mol. The summed E-state index contributed by atoms with van der Waals surface area (Å²) in [6.45, 7) is 3.72. The van der Waals surface area contributed by atoms with E-state index in [4.69, 9.17) is 14.6 Å². The number of imidazole rings is 1. The van der Waals surface area contributed by atoms with Crippen molar-refractivity contribution in [3.05, 3.63) is 35.2 Å². The van der Waals surface area contributed by atoms with Crippen molar-refractivity contribution in [3.8, 4) is 11.5 Å². The van der Waals surface area contributed by atoms with E-state index in [2.05, 4.69) is 15.0 Å². The van der Waals surface area contributed by atoms with Crippen LogP contribution in [-0.2, 0) is 26.6 Å². The lowest BCUT2D eigenvalue weighted by Crippen LogP contribution is -2.14. The summed E-state index contributed by atoms with van der Waals surface area (Å²) in [6, 6.07) is 3.05. The molecule has 2 aromatic heterocycles. The number of sulfonamides is 1. The molecule has 0 saturated carbocycles. The number of hydrogen-bond donors (Lipinski definition) is 2. The molecule has 0 amide bonds. The molecule has 3 rings (SSSR count). The molecular formula is C17H20N4O5S2. The Bertz CT molecular complexity index is 1190. The van der Waals surface area contributed by atoms with Gasteiger partial charge in [0.15, 0.2) is 10.1 Å². The molecular weight excluding hydrogens is 404 g/mol. The zero-order chi connectivity index (χ0) is 20.6. The maximum Gasteiger partial charge on any atom is 0.243 e. The van der Waals surface area contributed by atoms with E-state index in [1.165, 1.54) is 13.2 Å². The first kappa shape index (κ1) is 20.2. The van der Waals surface area contributed by atoms with Gasteiger partial charge in [0, 0.05) is 17.3 Å². The van der Waals surface area contributed by atoms with E-state index in [9.17, 15) is 12.6 Å². The summed E-state index contributed by atoms with van der Waals surface area (Å²) in [4.78, 5) is 11.2. The number of nitrogens with zero attached hydrogens (tertiary/aromatic N) is 2. The van der Waals surface area contributed by atoms with E-state index in [-0.39, 0.29) is 27.1 Å². The number of nitrogens with two attached hydrogens (primary N) is 1. The second-order valence-corrected chi connectivity index (χ2v) is 8.98. The minimum atomic E-state index is -4.10. The highest BCUT2D eigenvalue weighted by atomic mass is 32.2. The smallest absolute Gasteiger partial charge is 0.243 e. The fourth-order valence-electron chi connectivity index (χ4n) is 2.96. The third-order valence-electron chi connectivity index (χ3n) is 4.29. The largest absolute Gasteiger partial charge is 0.496 e. The SMILES string of the molecule is COc1ccc2[nH]c(S(=O)Cc3ncc(C)c(OC)c3C)nc2c1S(N)(=O)=O. The third kappa shape index (κ3) is 3.60. The molecule has 0 aliphatic heterocycles. The van der Waals surface area contributed by atoms with Crippen molar-refractivity contribution in [2.75, 3.05) is 14.2 Å². The number of pyridine rings is 1. The average Bonchev–Trinajstić information content (AvgIpc) is 3.06. The summed E-state index contributed by atoms with van der Waals surface area (Å²) in [5.74, 6) is 0.844. The molecule has 150 valence electrons. The number of hydrogen-bond acceptors (Lipinski definition) is 7. The van der Waals surface area contributed by atoms with Gasteiger partial charge in [-0.15, -0.1) is 0 Å². The van der Waals surface area contributed by atoms with Crippen LogP contribution in [0.2, 0.25) is 0 Å². The van der Waals surface area contributed by atoms with Crippen molar-refractivity contribution in [1.82, 2.24) is 15.0 Å². The number of fused-ring (bicyclic) bond motifs is 1. The molecule has 1 atom stereocenters. The van der Waals surface area contributed by atoms with Gasteiger partial charge >= 0.3 is 0 Å². The van der Waals surface area contributed by atoms with Crippen LogP contribution in [0.25, 0.3) is 11.0 Å². The molecule has 28 heavy (non-hydrogen) atoms. The van der Waals surface area contributed by atoms with Crippen LogP contribution < -0.4 is 14.6 Å². The number of H-pyrrole nitrogens is 1. The lowest BCUT2D eigenvalue weighted by Gasteiger charge is -2.11. The molecule has 0 radical (unpaired) electrons. The normalized spacial score (nSPS) is 12.9. The van der Waals surface area contributed by atoms with Gasteiger partial charge in [-0.05, 0) is 26.0 Å². The summed E-state index contributed by atoms with van der Waals surface area (Å²) in [7, 11) is -2.80. The van der Waals surface area contributed by atoms with E-state index < -0.39 is 20.8 Å². The zero-order valence-electron chi connectivity index (χ0n) is 15.8. The van der Waals surface area contributed by atoms with Crippen LogP contribution in [0.1, 0.15) is 16.8 Å². The van der Waals surface area contributed by atoms with Crippen molar-refractivity contribution >= 4 is 31.9 Å². The van der Waals surface area contributed by atoms with Gasteiger partial charge in [-0.2, -0.15) is 0 Å². The number of nitrogens with one attached hydrogen (secondary N) is 1. The number of aromatic amines is 1. The van der Waals surface area contributed by atoms with Gasteiger partial charge in [-0.1, -0.05) is 0 Å². The standard InChI is InChI=1S/C17H20N4O5S2/c1-9-7-19-12(10(2)15(9)26-4)8-27(22)17-20-11-5-6-13(25-3)16(14(11)21-17)28(18,23)24/h5-7H,8H2,1-4H3,(H,20,21)(H2,18,23,24). The Kier molecular flexibility index (Phi) is 5.41. The number of benzene rings is 1. The zero-order valence-corrected chi connectivity index (χ0v) is 17.4. The van der Waals surface area contributed by atoms with E-state index in [1.54, 1.807) is 19.4 Å². The Labute approximate surface area is 164 Å². The van der Waals surface area contributed by atoms with Gasteiger partial charge < -0.3 is 14.5 Å². The van der Waals surface area contributed by atoms with Crippen molar-refractivity contribution < 1.29 is 22.1 Å². The van der Waals surface area contributed by atoms with Crippen LogP contribution in [0.15, 0.2) is 28.4 Å². The molecule has 2 heterocycles. The monoisotopic (exact) mass is 424 g/mol. The average molecular weight is 425 g/mol. The van der Waals surface area contributed by atoms with Gasteiger partial charge in [0.2, 0.25) is 10.0 Å². The fourth-order valence-corrected chi connectivity index (χ4v) is 4.91. The molecule has 0 saturated heterocycles. The van der Waals surface area contributed by atoms with Gasteiger partial charge in [-0.3, -0.25) is 9.19 Å². The summed E-state index contributed by atoms with van der Waals surface area (Å²) >= 11 is 0. The maximum atomic E-state index is 12.9. The van der Waals surface area contributed by atoms with Gasteiger partial charge in [-0.25, -0.2) is 18.5 Å². The topological polar surface area (TPSA) is 137 Å². The van der Waals surface area contributed by atoms with Crippen molar-refractivity contribution in [3.63, 3.8) is 0 Å². The third-order valence-corrected chi connectivity index (χ3v) is 6.41. The number of primary sulfonamides is 1. The molecule has 0 aliphatic carbocycles. The van der Waals surface area contributed by atoms with Gasteiger partial charge in [0.05, 0.1) is 42.0 Å². The van der Waals surface area contributed by atoms with Gasteiger partial charge in [0.1, 0.15) is 17.0 Å². The maximum absolute atomic E-state index is 12.9. The number of ether oxygens (including phenoxy) is 2. The molecule has 1 aromatic carbocycles. The number of aryl methyl sites for hydroxylation is 1. The Hall–Kier alpha value is -2.50. The quantitative estimate of drug-likeness (QED) is 0.612. The Morgan fingerprint density at radius 1 is 1.21 bits per heavy atom. The highest BCUT2D eigenvalue weighted by Crippen LogP contribution is 2.31. The molecule has 3 aromatic rings. The molecule has 1 unspecified atom stereocenters. The Morgan fingerprint density at radius 2 is 1.93 bits per heavy atom. The second-order valence-electron chi connectivity index (χ2n) is 6.12. The summed E-state index contributed by atoms with van der Waals surface area (Å²) in [6.07, 6.45) is 1.65. The van der Waals surface area contributed by atoms with Crippen molar-refractivity contribution in [1.29, 1.82) is 0 Å². The molecule has 3 N–H and O–H groups in total. The van der Waals surface area contributed by atoms with Crippen LogP contribution in [0.5, 0.6) is 11.5 Å².